The predicted molar refractivity (Wildman–Crippen MR) is 92.1 cm³/mol. The number of ketones is 1. The molecule has 0 aliphatic heterocycles. The Kier molecular flexibility index (Phi) is 5.04. The molecule has 0 spiro atoms. The van der Waals surface area contributed by atoms with E-state index in [1.54, 1.807) is 12.1 Å². The molecule has 0 radical (unpaired) electrons. The van der Waals surface area contributed by atoms with Crippen LogP contribution in [0.5, 0.6) is 0 Å². The zero-order valence-electron chi connectivity index (χ0n) is 9.54. The molecule has 0 aliphatic carbocycles. The van der Waals surface area contributed by atoms with Gasteiger partial charge in [-0.2, -0.15) is 0 Å². The smallest absolute Gasteiger partial charge is 0.194 e. The molecule has 0 saturated carbocycles. The second-order valence-corrected chi connectivity index (χ2v) is 9.19. The molecule has 1 nitrogen and oxygen atoms in total. The van der Waals surface area contributed by atoms with Gasteiger partial charge >= 0.3 is 0 Å². The Morgan fingerprint density at radius 1 is 0.789 bits per heavy atom. The zero-order chi connectivity index (χ0) is 14.0. The van der Waals surface area contributed by atoms with Crippen molar-refractivity contribution in [1.29, 1.82) is 0 Å². The first-order chi connectivity index (χ1) is 8.91. The molecule has 0 atom stereocenters. The van der Waals surface area contributed by atoms with Gasteiger partial charge in [0.05, 0.1) is 0 Å². The molecule has 2 aromatic rings. The second-order valence-electron chi connectivity index (χ2n) is 3.92. The van der Waals surface area contributed by atoms with Crippen LogP contribution in [-0.2, 0) is 3.23 Å². The highest BCUT2D eigenvalue weighted by atomic mass is 79.9. The average molecular weight is 512 g/mol. The van der Waals surface area contributed by atoms with Crippen LogP contribution in [-0.4, -0.2) is 5.78 Å². The van der Waals surface area contributed by atoms with Crippen molar-refractivity contribution in [3.8, 4) is 0 Å². The number of rotatable bonds is 3. The lowest BCUT2D eigenvalue weighted by Gasteiger charge is -2.19. The largest absolute Gasteiger partial charge is 0.291 e. The van der Waals surface area contributed by atoms with Crippen molar-refractivity contribution in [3.05, 3.63) is 68.6 Å². The summed E-state index contributed by atoms with van der Waals surface area (Å²) in [6.45, 7) is 0. The Hall–Kier alpha value is 0.0300. The van der Waals surface area contributed by atoms with Gasteiger partial charge in [0.25, 0.3) is 0 Å². The highest BCUT2D eigenvalue weighted by molar-refractivity contribution is 9.25. The minimum absolute atomic E-state index is 0.0395. The van der Waals surface area contributed by atoms with Crippen molar-refractivity contribution in [2.45, 2.75) is 3.23 Å². The number of carbonyl (C=O) groups is 1. The van der Waals surface area contributed by atoms with Crippen LogP contribution in [0.25, 0.3) is 0 Å². The van der Waals surface area contributed by atoms with Crippen molar-refractivity contribution >= 4 is 69.5 Å². The zero-order valence-corrected chi connectivity index (χ0v) is 15.9. The van der Waals surface area contributed by atoms with E-state index in [2.05, 4.69) is 63.7 Å². The van der Waals surface area contributed by atoms with Crippen LogP contribution >= 0.6 is 63.7 Å². The summed E-state index contributed by atoms with van der Waals surface area (Å²) < 4.78 is 1.01. The molecule has 2 aromatic carbocycles. The van der Waals surface area contributed by atoms with Gasteiger partial charge in [-0.05, 0) is 29.8 Å². The minimum atomic E-state index is -0.908. The van der Waals surface area contributed by atoms with Crippen LogP contribution in [0.4, 0.5) is 0 Å². The standard InChI is InChI=1S/C14H8Br4O/c15-11-5-1-9(2-6-11)13(19)14(17,18)10-3-7-12(16)8-4-10/h1-8H. The molecule has 0 unspecified atom stereocenters. The number of benzene rings is 2. The van der Waals surface area contributed by atoms with E-state index in [-0.39, 0.29) is 5.78 Å². The maximum Gasteiger partial charge on any atom is 0.194 e. The second kappa shape index (κ2) is 6.20. The van der Waals surface area contributed by atoms with Crippen molar-refractivity contribution in [2.24, 2.45) is 0 Å². The highest BCUT2D eigenvalue weighted by Crippen LogP contribution is 2.41. The van der Waals surface area contributed by atoms with Gasteiger partial charge in [-0.25, -0.2) is 0 Å². The fourth-order valence-corrected chi connectivity index (χ4v) is 3.09. The van der Waals surface area contributed by atoms with Gasteiger partial charge in [-0.15, -0.1) is 0 Å². The summed E-state index contributed by atoms with van der Waals surface area (Å²) in [5, 5.41) is 0. The average Bonchev–Trinajstić information content (AvgIpc) is 2.39. The molecule has 0 bridgehead atoms. The fourth-order valence-electron chi connectivity index (χ4n) is 1.57. The molecule has 0 heterocycles. The van der Waals surface area contributed by atoms with Crippen molar-refractivity contribution < 1.29 is 4.79 Å². The lowest BCUT2D eigenvalue weighted by atomic mass is 10.0. The number of hydrogen-bond acceptors (Lipinski definition) is 1. The molecule has 0 amide bonds. The summed E-state index contributed by atoms with van der Waals surface area (Å²) in [6.07, 6.45) is 0. The number of halogens is 4. The van der Waals surface area contributed by atoms with Gasteiger partial charge in [0.2, 0.25) is 0 Å². The molecule has 0 fully saturated rings. The van der Waals surface area contributed by atoms with E-state index in [0.717, 1.165) is 14.5 Å². The topological polar surface area (TPSA) is 17.1 Å². The summed E-state index contributed by atoms with van der Waals surface area (Å²) in [7, 11) is 0. The Morgan fingerprint density at radius 3 is 1.68 bits per heavy atom. The molecule has 0 aromatic heterocycles. The van der Waals surface area contributed by atoms with E-state index in [1.807, 2.05) is 36.4 Å². The summed E-state index contributed by atoms with van der Waals surface area (Å²) >= 11 is 13.7. The molecule has 98 valence electrons. The van der Waals surface area contributed by atoms with Gasteiger partial charge in [-0.1, -0.05) is 88.0 Å². The van der Waals surface area contributed by atoms with Gasteiger partial charge in [0, 0.05) is 14.5 Å². The maximum atomic E-state index is 12.5. The Balaban J connectivity index is 2.35. The number of carbonyl (C=O) groups excluding carboxylic acids is 1. The first-order valence-electron chi connectivity index (χ1n) is 5.35. The van der Waals surface area contributed by atoms with E-state index < -0.39 is 3.23 Å². The van der Waals surface area contributed by atoms with Gasteiger partial charge in [0.15, 0.2) is 9.02 Å². The molecule has 19 heavy (non-hydrogen) atoms. The third kappa shape index (κ3) is 3.57. The maximum absolute atomic E-state index is 12.5. The SMILES string of the molecule is O=C(c1ccc(Br)cc1)C(Br)(Br)c1ccc(Br)cc1. The molecular formula is C14H8Br4O. The fraction of sp³-hybridized carbons (Fsp3) is 0.0714. The third-order valence-corrected chi connectivity index (χ3v) is 5.29. The summed E-state index contributed by atoms with van der Waals surface area (Å²) in [4.78, 5) is 12.5. The first kappa shape index (κ1) is 15.4. The summed E-state index contributed by atoms with van der Waals surface area (Å²) in [5.74, 6) is -0.0395. The molecule has 0 N–H and O–H groups in total. The number of alkyl halides is 2. The van der Waals surface area contributed by atoms with Crippen LogP contribution in [0.3, 0.4) is 0 Å². The summed E-state index contributed by atoms with van der Waals surface area (Å²) in [5.41, 5.74) is 1.49. The molecular weight excluding hydrogens is 504 g/mol. The van der Waals surface area contributed by atoms with E-state index in [4.69, 9.17) is 0 Å². The van der Waals surface area contributed by atoms with Gasteiger partial charge < -0.3 is 0 Å². The summed E-state index contributed by atoms with van der Waals surface area (Å²) in [6, 6.07) is 14.9. The molecule has 0 saturated heterocycles. The number of Topliss-reactive ketones (excluding diaryl/α,β-unsaturated/α-hetero) is 1. The van der Waals surface area contributed by atoms with E-state index in [0.29, 0.717) is 5.56 Å². The lowest BCUT2D eigenvalue weighted by molar-refractivity contribution is 0.0982. The Labute approximate surface area is 145 Å². The van der Waals surface area contributed by atoms with Crippen LogP contribution in [0.15, 0.2) is 57.5 Å². The van der Waals surface area contributed by atoms with Gasteiger partial charge in [0.1, 0.15) is 0 Å². The van der Waals surface area contributed by atoms with Crippen molar-refractivity contribution in [3.63, 3.8) is 0 Å². The molecule has 5 heteroatoms. The molecule has 2 rings (SSSR count). The van der Waals surface area contributed by atoms with Gasteiger partial charge in [-0.3, -0.25) is 4.79 Å². The first-order valence-corrected chi connectivity index (χ1v) is 8.52. The van der Waals surface area contributed by atoms with Crippen LogP contribution in [0.2, 0.25) is 0 Å². The highest BCUT2D eigenvalue weighted by Gasteiger charge is 2.35. The minimum Gasteiger partial charge on any atom is -0.291 e. The quantitative estimate of drug-likeness (QED) is 0.363. The van der Waals surface area contributed by atoms with Crippen molar-refractivity contribution in [1.82, 2.24) is 0 Å². The van der Waals surface area contributed by atoms with E-state index >= 15 is 0 Å². The Bertz CT molecular complexity index is 588. The number of hydrogen-bond donors (Lipinski definition) is 0. The normalized spacial score (nSPS) is 11.4. The third-order valence-electron chi connectivity index (χ3n) is 2.60. The van der Waals surface area contributed by atoms with E-state index in [9.17, 15) is 4.79 Å². The van der Waals surface area contributed by atoms with E-state index in [1.165, 1.54) is 0 Å². The van der Waals surface area contributed by atoms with Crippen LogP contribution < -0.4 is 0 Å². The van der Waals surface area contributed by atoms with Crippen molar-refractivity contribution in [2.75, 3.05) is 0 Å². The lowest BCUT2D eigenvalue weighted by Crippen LogP contribution is -2.22. The van der Waals surface area contributed by atoms with Crippen LogP contribution in [0, 0.1) is 0 Å². The van der Waals surface area contributed by atoms with Crippen LogP contribution in [0.1, 0.15) is 15.9 Å². The monoisotopic (exact) mass is 508 g/mol. The predicted octanol–water partition coefficient (Wildman–Crippen LogP) is 6.04. The Morgan fingerprint density at radius 2 is 1.21 bits per heavy atom. The molecule has 0 aliphatic rings.